The van der Waals surface area contributed by atoms with E-state index in [9.17, 15) is 4.79 Å². The minimum absolute atomic E-state index is 0.0504. The Hall–Kier alpha value is -1.44. The molecule has 1 saturated heterocycles. The van der Waals surface area contributed by atoms with E-state index in [0.717, 1.165) is 26.1 Å². The van der Waals surface area contributed by atoms with Crippen LogP contribution in [0, 0.1) is 0 Å². The summed E-state index contributed by atoms with van der Waals surface area (Å²) in [7, 11) is 0. The number of benzene rings is 1. The van der Waals surface area contributed by atoms with Gasteiger partial charge in [-0.2, -0.15) is 0 Å². The lowest BCUT2D eigenvalue weighted by atomic mass is 9.74. The fourth-order valence-corrected chi connectivity index (χ4v) is 2.71. The second-order valence-electron chi connectivity index (χ2n) is 5.58. The summed E-state index contributed by atoms with van der Waals surface area (Å²) in [5.41, 5.74) is 2.55. The van der Waals surface area contributed by atoms with E-state index in [-0.39, 0.29) is 5.41 Å². The number of hydrogen-bond donors (Lipinski definition) is 0. The van der Waals surface area contributed by atoms with Crippen LogP contribution in [0.25, 0.3) is 0 Å². The normalized spacial score (nSPS) is 18.1. The molecule has 0 unspecified atom stereocenters. The van der Waals surface area contributed by atoms with Crippen molar-refractivity contribution in [2.24, 2.45) is 4.99 Å². The van der Waals surface area contributed by atoms with Gasteiger partial charge < -0.3 is 4.74 Å². The predicted octanol–water partition coefficient (Wildman–Crippen LogP) is 3.19. The lowest BCUT2D eigenvalue weighted by molar-refractivity contribution is 0.0531. The van der Waals surface area contributed by atoms with Gasteiger partial charge in [0.05, 0.1) is 6.54 Å². The Morgan fingerprint density at radius 2 is 1.89 bits per heavy atom. The molecule has 0 saturated carbocycles. The molecule has 0 atom stereocenters. The SMILES string of the molecule is CC(C)c1ccc(C2(CN=C=O)CCOCC2)cc1. The van der Waals surface area contributed by atoms with Crippen LogP contribution in [-0.2, 0) is 14.9 Å². The molecule has 1 aromatic carbocycles. The number of isocyanates is 1. The Bertz CT molecular complexity index is 452. The summed E-state index contributed by atoms with van der Waals surface area (Å²) in [6.07, 6.45) is 3.51. The van der Waals surface area contributed by atoms with Gasteiger partial charge in [-0.15, -0.1) is 0 Å². The Morgan fingerprint density at radius 1 is 1.26 bits per heavy atom. The van der Waals surface area contributed by atoms with Crippen molar-refractivity contribution in [3.05, 3.63) is 35.4 Å². The van der Waals surface area contributed by atoms with Crippen molar-refractivity contribution in [2.75, 3.05) is 19.8 Å². The molecule has 1 heterocycles. The van der Waals surface area contributed by atoms with E-state index in [1.165, 1.54) is 11.1 Å². The van der Waals surface area contributed by atoms with E-state index in [2.05, 4.69) is 43.1 Å². The van der Waals surface area contributed by atoms with Crippen LogP contribution >= 0.6 is 0 Å². The van der Waals surface area contributed by atoms with Crippen LogP contribution in [0.1, 0.15) is 43.7 Å². The Labute approximate surface area is 114 Å². The van der Waals surface area contributed by atoms with Crippen molar-refractivity contribution in [1.82, 2.24) is 0 Å². The van der Waals surface area contributed by atoms with Crippen molar-refractivity contribution in [2.45, 2.75) is 38.0 Å². The van der Waals surface area contributed by atoms with E-state index in [1.807, 2.05) is 0 Å². The molecule has 2 rings (SSSR count). The number of carbonyl (C=O) groups excluding carboxylic acids is 1. The second-order valence-corrected chi connectivity index (χ2v) is 5.58. The highest BCUT2D eigenvalue weighted by atomic mass is 16.5. The minimum atomic E-state index is -0.0504. The quantitative estimate of drug-likeness (QED) is 0.615. The van der Waals surface area contributed by atoms with Crippen molar-refractivity contribution in [1.29, 1.82) is 0 Å². The first-order valence-electron chi connectivity index (χ1n) is 6.90. The van der Waals surface area contributed by atoms with E-state index in [4.69, 9.17) is 4.74 Å². The van der Waals surface area contributed by atoms with Gasteiger partial charge in [-0.25, -0.2) is 9.79 Å². The average molecular weight is 259 g/mol. The second kappa shape index (κ2) is 6.14. The van der Waals surface area contributed by atoms with E-state index >= 15 is 0 Å². The third-order valence-corrected chi connectivity index (χ3v) is 4.09. The van der Waals surface area contributed by atoms with Crippen LogP contribution in [-0.4, -0.2) is 25.8 Å². The average Bonchev–Trinajstić information content (AvgIpc) is 2.46. The smallest absolute Gasteiger partial charge is 0.234 e. The Kier molecular flexibility index (Phi) is 4.52. The van der Waals surface area contributed by atoms with Crippen molar-refractivity contribution >= 4 is 6.08 Å². The zero-order valence-corrected chi connectivity index (χ0v) is 11.7. The standard InChI is InChI=1S/C16H21NO2/c1-13(2)14-3-5-15(6-4-14)16(11-17-12-18)7-9-19-10-8-16/h3-6,13H,7-11H2,1-2H3. The third kappa shape index (κ3) is 3.12. The maximum atomic E-state index is 10.4. The molecule has 0 amide bonds. The molecular formula is C16H21NO2. The summed E-state index contributed by atoms with van der Waals surface area (Å²) in [5.74, 6) is 0.535. The Morgan fingerprint density at radius 3 is 2.42 bits per heavy atom. The molecule has 102 valence electrons. The first-order valence-corrected chi connectivity index (χ1v) is 6.90. The zero-order valence-electron chi connectivity index (χ0n) is 11.7. The predicted molar refractivity (Wildman–Crippen MR) is 75.3 cm³/mol. The van der Waals surface area contributed by atoms with Crippen molar-refractivity contribution in [3.8, 4) is 0 Å². The fraction of sp³-hybridized carbons (Fsp3) is 0.562. The number of hydrogen-bond acceptors (Lipinski definition) is 3. The number of aliphatic imine (C=N–C) groups is 1. The van der Waals surface area contributed by atoms with Crippen LogP contribution in [0.5, 0.6) is 0 Å². The number of rotatable bonds is 4. The first kappa shape index (κ1) is 14.0. The summed E-state index contributed by atoms with van der Waals surface area (Å²) in [6.45, 7) is 6.37. The van der Waals surface area contributed by atoms with Gasteiger partial charge in [-0.3, -0.25) is 0 Å². The van der Waals surface area contributed by atoms with E-state index in [1.54, 1.807) is 6.08 Å². The van der Waals surface area contributed by atoms with Gasteiger partial charge in [0.15, 0.2) is 0 Å². The molecule has 0 bridgehead atoms. The molecule has 1 fully saturated rings. The summed E-state index contributed by atoms with van der Waals surface area (Å²) in [4.78, 5) is 14.3. The molecular weight excluding hydrogens is 238 g/mol. The van der Waals surface area contributed by atoms with Gasteiger partial charge in [0.25, 0.3) is 0 Å². The van der Waals surface area contributed by atoms with Gasteiger partial charge in [0, 0.05) is 18.6 Å². The van der Waals surface area contributed by atoms with Crippen LogP contribution in [0.2, 0.25) is 0 Å². The van der Waals surface area contributed by atoms with Gasteiger partial charge in [-0.1, -0.05) is 38.1 Å². The van der Waals surface area contributed by atoms with Crippen LogP contribution in [0.3, 0.4) is 0 Å². The monoisotopic (exact) mass is 259 g/mol. The Balaban J connectivity index is 2.29. The van der Waals surface area contributed by atoms with Gasteiger partial charge in [0.1, 0.15) is 0 Å². The highest BCUT2D eigenvalue weighted by Crippen LogP contribution is 2.35. The van der Waals surface area contributed by atoms with Crippen molar-refractivity contribution in [3.63, 3.8) is 0 Å². The third-order valence-electron chi connectivity index (χ3n) is 4.09. The summed E-state index contributed by atoms with van der Waals surface area (Å²) >= 11 is 0. The molecule has 0 radical (unpaired) electrons. The molecule has 1 aliphatic heterocycles. The summed E-state index contributed by atoms with van der Waals surface area (Å²) in [6, 6.07) is 8.73. The maximum Gasteiger partial charge on any atom is 0.234 e. The lowest BCUT2D eigenvalue weighted by Crippen LogP contribution is -2.36. The maximum absolute atomic E-state index is 10.4. The number of ether oxygens (including phenoxy) is 1. The largest absolute Gasteiger partial charge is 0.381 e. The lowest BCUT2D eigenvalue weighted by Gasteiger charge is -2.36. The van der Waals surface area contributed by atoms with Crippen LogP contribution in [0.4, 0.5) is 0 Å². The molecule has 1 aromatic rings. The zero-order chi connectivity index (χ0) is 13.7. The molecule has 3 nitrogen and oxygen atoms in total. The minimum Gasteiger partial charge on any atom is -0.381 e. The van der Waals surface area contributed by atoms with Gasteiger partial charge in [0.2, 0.25) is 6.08 Å². The van der Waals surface area contributed by atoms with E-state index in [0.29, 0.717) is 12.5 Å². The van der Waals surface area contributed by atoms with Crippen LogP contribution < -0.4 is 0 Å². The van der Waals surface area contributed by atoms with Gasteiger partial charge >= 0.3 is 0 Å². The molecule has 3 heteroatoms. The van der Waals surface area contributed by atoms with Gasteiger partial charge in [-0.05, 0) is 29.9 Å². The highest BCUT2D eigenvalue weighted by molar-refractivity contribution is 5.36. The molecule has 0 aliphatic carbocycles. The van der Waals surface area contributed by atoms with E-state index < -0.39 is 0 Å². The molecule has 19 heavy (non-hydrogen) atoms. The topological polar surface area (TPSA) is 38.7 Å². The summed E-state index contributed by atoms with van der Waals surface area (Å²) in [5, 5.41) is 0. The number of nitrogens with zero attached hydrogens (tertiary/aromatic N) is 1. The van der Waals surface area contributed by atoms with Crippen molar-refractivity contribution < 1.29 is 9.53 Å². The molecule has 0 N–H and O–H groups in total. The highest BCUT2D eigenvalue weighted by Gasteiger charge is 2.34. The fourth-order valence-electron chi connectivity index (χ4n) is 2.71. The molecule has 1 aliphatic rings. The summed E-state index contributed by atoms with van der Waals surface area (Å²) < 4.78 is 5.45. The molecule has 0 spiro atoms. The molecule has 0 aromatic heterocycles. The van der Waals surface area contributed by atoms with Crippen LogP contribution in [0.15, 0.2) is 29.3 Å². The first-order chi connectivity index (χ1) is 9.18.